The van der Waals surface area contributed by atoms with Crippen molar-refractivity contribution in [3.8, 4) is 11.6 Å². The molecule has 4 amide bonds. The monoisotopic (exact) mass is 739 g/mol. The van der Waals surface area contributed by atoms with Gasteiger partial charge in [-0.25, -0.2) is 22.9 Å². The molecule has 1 aliphatic heterocycles. The maximum atomic E-state index is 14.4. The van der Waals surface area contributed by atoms with E-state index in [9.17, 15) is 27.6 Å². The first-order chi connectivity index (χ1) is 24.0. The Labute approximate surface area is 300 Å². The molecule has 2 aromatic heterocycles. The smallest absolute Gasteiger partial charge is 0.412 e. The fourth-order valence-electron chi connectivity index (χ4n) is 6.02. The van der Waals surface area contributed by atoms with Crippen LogP contribution in [0.2, 0.25) is 0 Å². The molecule has 1 saturated heterocycles. The first-order valence-electron chi connectivity index (χ1n) is 16.1. The van der Waals surface area contributed by atoms with Crippen LogP contribution in [0.1, 0.15) is 40.5 Å². The average molecular weight is 740 g/mol. The maximum Gasteiger partial charge on any atom is 0.412 e. The Morgan fingerprint density at radius 3 is 2.53 bits per heavy atom. The van der Waals surface area contributed by atoms with E-state index in [1.165, 1.54) is 30.0 Å². The van der Waals surface area contributed by atoms with Crippen molar-refractivity contribution in [2.75, 3.05) is 13.7 Å². The molecular weight excluding hydrogens is 699 g/mol. The first kappa shape index (κ1) is 37.3. The van der Waals surface area contributed by atoms with E-state index in [2.05, 4.69) is 33.5 Å². The van der Waals surface area contributed by atoms with Crippen LogP contribution in [0.3, 0.4) is 0 Å². The Bertz CT molecular complexity index is 1980. The molecule has 0 bridgehead atoms. The number of ether oxygens (including phenoxy) is 3. The van der Waals surface area contributed by atoms with Gasteiger partial charge in [0, 0.05) is 23.9 Å². The standard InChI is InChI=1S/C35H41N5O9S2/c1-8-22-18-35(22,32(43)39-51(45,46)27-10-9-15-50-27)38-29(41)26-17-24(49-30-25-12-11-23(47-7)16-21(25)13-14-36-30)19-40(26)31(42)28(34(4,5)6)37-33(44)48-20(2)3/h8-16,22,24,26,28H,1-2,17-19H2,3-7H3,(H,37,44)(H,38,41)(H,39,43)/t22-,24-,26+,28-,35-/m1/s1. The fraction of sp³-hybridized carbons (Fsp3) is 0.400. The van der Waals surface area contributed by atoms with Gasteiger partial charge in [0.15, 0.2) is 0 Å². The zero-order valence-corrected chi connectivity index (χ0v) is 30.6. The van der Waals surface area contributed by atoms with Crippen molar-refractivity contribution in [2.45, 2.75) is 68.5 Å². The molecule has 2 aliphatic rings. The second kappa shape index (κ2) is 14.3. The second-order valence-electron chi connectivity index (χ2n) is 13.6. The predicted molar refractivity (Wildman–Crippen MR) is 189 cm³/mol. The molecule has 0 radical (unpaired) electrons. The number of pyridine rings is 1. The van der Waals surface area contributed by atoms with Crippen molar-refractivity contribution in [1.29, 1.82) is 0 Å². The van der Waals surface area contributed by atoms with Crippen LogP contribution < -0.4 is 24.8 Å². The number of nitrogens with zero attached hydrogens (tertiary/aromatic N) is 2. The Morgan fingerprint density at radius 1 is 1.18 bits per heavy atom. The van der Waals surface area contributed by atoms with Gasteiger partial charge in [-0.3, -0.25) is 14.4 Å². The highest BCUT2D eigenvalue weighted by Gasteiger charge is 2.61. The zero-order chi connectivity index (χ0) is 37.3. The molecule has 2 fully saturated rings. The van der Waals surface area contributed by atoms with E-state index >= 15 is 0 Å². The summed E-state index contributed by atoms with van der Waals surface area (Å²) in [4.78, 5) is 60.5. The van der Waals surface area contributed by atoms with Gasteiger partial charge in [-0.1, -0.05) is 39.5 Å². The molecule has 3 heterocycles. The summed E-state index contributed by atoms with van der Waals surface area (Å²) in [6.45, 7) is 14.0. The van der Waals surface area contributed by atoms with Gasteiger partial charge in [-0.05, 0) is 59.9 Å². The average Bonchev–Trinajstić information content (AvgIpc) is 3.37. The molecule has 51 heavy (non-hydrogen) atoms. The summed E-state index contributed by atoms with van der Waals surface area (Å²) in [6.07, 6.45) is 1.48. The number of carbonyl (C=O) groups excluding carboxylic acids is 4. The summed E-state index contributed by atoms with van der Waals surface area (Å²) in [5, 5.41) is 8.39. The number of nitrogens with one attached hydrogen (secondary N) is 3. The fourth-order valence-corrected chi connectivity index (χ4v) is 8.05. The number of thiophene rings is 1. The number of sulfonamides is 1. The second-order valence-corrected chi connectivity index (χ2v) is 16.5. The molecule has 0 unspecified atom stereocenters. The van der Waals surface area contributed by atoms with Crippen LogP contribution in [0.5, 0.6) is 11.6 Å². The Kier molecular flexibility index (Phi) is 10.5. The Hall–Kier alpha value is -4.96. The highest BCUT2D eigenvalue weighted by molar-refractivity contribution is 7.92. The molecule has 1 saturated carbocycles. The van der Waals surface area contributed by atoms with E-state index < -0.39 is 68.9 Å². The number of likely N-dealkylation sites (tertiary alicyclic amines) is 1. The van der Waals surface area contributed by atoms with Crippen molar-refractivity contribution in [2.24, 2.45) is 11.3 Å². The van der Waals surface area contributed by atoms with Crippen LogP contribution in [0.15, 0.2) is 77.2 Å². The lowest BCUT2D eigenvalue weighted by Crippen LogP contribution is -2.60. The van der Waals surface area contributed by atoms with Gasteiger partial charge >= 0.3 is 6.09 Å². The molecule has 5 atom stereocenters. The minimum atomic E-state index is -4.21. The molecular formula is C35H41N5O9S2. The highest BCUT2D eigenvalue weighted by atomic mass is 32.2. The predicted octanol–water partition coefficient (Wildman–Crippen LogP) is 3.89. The molecule has 3 aromatic rings. The summed E-state index contributed by atoms with van der Waals surface area (Å²) in [5.41, 5.74) is -2.47. The Morgan fingerprint density at radius 2 is 1.92 bits per heavy atom. The minimum Gasteiger partial charge on any atom is -0.497 e. The van der Waals surface area contributed by atoms with Crippen molar-refractivity contribution >= 4 is 55.9 Å². The summed E-state index contributed by atoms with van der Waals surface area (Å²) < 4.78 is 44.6. The third-order valence-electron chi connectivity index (χ3n) is 8.74. The van der Waals surface area contributed by atoms with Crippen molar-refractivity contribution < 1.29 is 41.8 Å². The van der Waals surface area contributed by atoms with E-state index in [4.69, 9.17) is 14.2 Å². The van der Waals surface area contributed by atoms with Gasteiger partial charge in [0.05, 0.1) is 19.4 Å². The number of hydrogen-bond donors (Lipinski definition) is 3. The number of amides is 4. The van der Waals surface area contributed by atoms with Crippen LogP contribution in [0.4, 0.5) is 4.79 Å². The summed E-state index contributed by atoms with van der Waals surface area (Å²) in [7, 11) is -2.65. The molecule has 5 rings (SSSR count). The van der Waals surface area contributed by atoms with Crippen molar-refractivity contribution in [3.63, 3.8) is 0 Å². The summed E-state index contributed by atoms with van der Waals surface area (Å²) >= 11 is 0.939. The summed E-state index contributed by atoms with van der Waals surface area (Å²) in [6, 6.07) is 7.72. The van der Waals surface area contributed by atoms with Gasteiger partial charge in [0.1, 0.15) is 33.7 Å². The number of benzene rings is 1. The molecule has 1 aliphatic carbocycles. The number of aromatic nitrogens is 1. The lowest BCUT2D eigenvalue weighted by molar-refractivity contribution is -0.142. The number of hydrogen-bond acceptors (Lipinski definition) is 11. The topological polar surface area (TPSA) is 182 Å². The quantitative estimate of drug-likeness (QED) is 0.182. The van der Waals surface area contributed by atoms with E-state index in [-0.39, 0.29) is 35.2 Å². The third-order valence-corrected chi connectivity index (χ3v) is 11.5. The van der Waals surface area contributed by atoms with Crippen LogP contribution in [-0.2, 0) is 29.1 Å². The van der Waals surface area contributed by atoms with Gasteiger partial charge in [-0.15, -0.1) is 17.9 Å². The first-order valence-corrected chi connectivity index (χ1v) is 18.4. The number of alkyl carbamates (subject to hydrolysis) is 1. The van der Waals surface area contributed by atoms with Crippen LogP contribution in [0, 0.1) is 11.3 Å². The maximum absolute atomic E-state index is 14.4. The van der Waals surface area contributed by atoms with Crippen LogP contribution in [0.25, 0.3) is 10.8 Å². The largest absolute Gasteiger partial charge is 0.497 e. The molecule has 1 aromatic carbocycles. The highest BCUT2D eigenvalue weighted by Crippen LogP contribution is 2.45. The van der Waals surface area contributed by atoms with Gasteiger partial charge < -0.3 is 29.7 Å². The van der Waals surface area contributed by atoms with Crippen LogP contribution in [-0.4, -0.2) is 79.5 Å². The number of allylic oxidation sites excluding steroid dienone is 1. The van der Waals surface area contributed by atoms with E-state index in [1.807, 2.05) is 6.07 Å². The van der Waals surface area contributed by atoms with E-state index in [0.29, 0.717) is 11.1 Å². The molecule has 14 nitrogen and oxygen atoms in total. The van der Waals surface area contributed by atoms with E-state index in [0.717, 1.165) is 16.7 Å². The van der Waals surface area contributed by atoms with Crippen molar-refractivity contribution in [1.82, 2.24) is 25.2 Å². The van der Waals surface area contributed by atoms with Crippen molar-refractivity contribution in [3.05, 3.63) is 73.0 Å². The van der Waals surface area contributed by atoms with Crippen LogP contribution >= 0.6 is 11.3 Å². The number of carbonyl (C=O) groups is 4. The molecule has 272 valence electrons. The summed E-state index contributed by atoms with van der Waals surface area (Å²) in [5.74, 6) is -1.79. The number of methoxy groups -OCH3 is 1. The SMILES string of the molecule is C=C[C@@H]1C[C@]1(NC(=O)[C@@H]1C[C@@H](Oc2nccc3cc(OC)ccc23)CN1C(=O)[C@@H](NC(=O)OC(=C)C)C(C)(C)C)C(=O)NS(=O)(=O)c1cccs1. The van der Waals surface area contributed by atoms with Gasteiger partial charge in [0.2, 0.25) is 17.7 Å². The Balaban J connectivity index is 1.45. The lowest BCUT2D eigenvalue weighted by atomic mass is 9.85. The van der Waals surface area contributed by atoms with Gasteiger partial charge in [-0.2, -0.15) is 0 Å². The number of fused-ring (bicyclic) bond motifs is 1. The van der Waals surface area contributed by atoms with Gasteiger partial charge in [0.25, 0.3) is 15.9 Å². The molecule has 16 heteroatoms. The minimum absolute atomic E-state index is 0.0111. The third kappa shape index (κ3) is 8.01. The zero-order valence-electron chi connectivity index (χ0n) is 28.9. The normalized spacial score (nSPS) is 22.0. The van der Waals surface area contributed by atoms with E-state index in [1.54, 1.807) is 57.7 Å². The molecule has 3 N–H and O–H groups in total. The number of rotatable bonds is 12. The molecule has 0 spiro atoms. The lowest BCUT2D eigenvalue weighted by Gasteiger charge is -2.35.